The zero-order valence-electron chi connectivity index (χ0n) is 11.0. The number of ether oxygens (including phenoxy) is 1. The Bertz CT molecular complexity index is 434. The highest BCUT2D eigenvalue weighted by Gasteiger charge is 2.23. The van der Waals surface area contributed by atoms with Crippen molar-refractivity contribution < 1.29 is 9.53 Å². The van der Waals surface area contributed by atoms with Gasteiger partial charge in [0.25, 0.3) is 5.91 Å². The normalized spacial score (nSPS) is 16.4. The van der Waals surface area contributed by atoms with Gasteiger partial charge in [-0.15, -0.1) is 11.6 Å². The molecule has 2 heterocycles. The van der Waals surface area contributed by atoms with Gasteiger partial charge in [-0.25, -0.2) is 0 Å². The predicted octanol–water partition coefficient (Wildman–Crippen LogP) is 1.09. The Morgan fingerprint density at radius 1 is 1.42 bits per heavy atom. The summed E-state index contributed by atoms with van der Waals surface area (Å²) in [6, 6.07) is 1.70. The van der Waals surface area contributed by atoms with Gasteiger partial charge in [0.2, 0.25) is 0 Å². The standard InChI is InChI=1S/C13H18ClN3O2/c1-19-12-10-15-4-2-11(12)13(18)17-8-6-16(5-3-14)7-9-17/h2,4,10H,3,5-9H2,1H3. The van der Waals surface area contributed by atoms with E-state index in [0.29, 0.717) is 17.2 Å². The maximum absolute atomic E-state index is 12.4. The summed E-state index contributed by atoms with van der Waals surface area (Å²) >= 11 is 5.72. The molecule has 1 fully saturated rings. The lowest BCUT2D eigenvalue weighted by molar-refractivity contribution is 0.0641. The average Bonchev–Trinajstić information content (AvgIpc) is 2.47. The molecule has 1 aliphatic rings. The van der Waals surface area contributed by atoms with Crippen molar-refractivity contribution >= 4 is 17.5 Å². The maximum Gasteiger partial charge on any atom is 0.257 e. The fraction of sp³-hybridized carbons (Fsp3) is 0.538. The number of methoxy groups -OCH3 is 1. The Morgan fingerprint density at radius 2 is 2.16 bits per heavy atom. The van der Waals surface area contributed by atoms with Crippen molar-refractivity contribution in [1.82, 2.24) is 14.8 Å². The largest absolute Gasteiger partial charge is 0.494 e. The molecule has 0 N–H and O–H groups in total. The fourth-order valence-corrected chi connectivity index (χ4v) is 2.42. The minimum Gasteiger partial charge on any atom is -0.494 e. The van der Waals surface area contributed by atoms with Gasteiger partial charge in [0.1, 0.15) is 5.75 Å². The van der Waals surface area contributed by atoms with Crippen LogP contribution in [0.2, 0.25) is 0 Å². The number of nitrogens with zero attached hydrogens (tertiary/aromatic N) is 3. The third kappa shape index (κ3) is 3.36. The number of alkyl halides is 1. The minimum atomic E-state index is 0.00442. The first-order chi connectivity index (χ1) is 9.26. The number of carbonyl (C=O) groups excluding carboxylic acids is 1. The monoisotopic (exact) mass is 283 g/mol. The van der Waals surface area contributed by atoms with Crippen molar-refractivity contribution in [3.63, 3.8) is 0 Å². The van der Waals surface area contributed by atoms with Crippen molar-refractivity contribution in [2.24, 2.45) is 0 Å². The summed E-state index contributed by atoms with van der Waals surface area (Å²) in [6.07, 6.45) is 3.18. The molecule has 0 aromatic carbocycles. The van der Waals surface area contributed by atoms with Crippen LogP contribution < -0.4 is 4.74 Å². The van der Waals surface area contributed by atoms with Gasteiger partial charge in [0, 0.05) is 44.8 Å². The van der Waals surface area contributed by atoms with Gasteiger partial charge in [-0.1, -0.05) is 0 Å². The molecule has 19 heavy (non-hydrogen) atoms. The lowest BCUT2D eigenvalue weighted by atomic mass is 10.2. The summed E-state index contributed by atoms with van der Waals surface area (Å²) in [5.41, 5.74) is 0.572. The minimum absolute atomic E-state index is 0.00442. The van der Waals surface area contributed by atoms with Gasteiger partial charge in [0.05, 0.1) is 18.9 Å². The average molecular weight is 284 g/mol. The van der Waals surface area contributed by atoms with Gasteiger partial charge < -0.3 is 9.64 Å². The third-order valence-electron chi connectivity index (χ3n) is 3.30. The van der Waals surface area contributed by atoms with Crippen LogP contribution in [0, 0.1) is 0 Å². The molecule has 0 spiro atoms. The lowest BCUT2D eigenvalue weighted by Gasteiger charge is -2.34. The van der Waals surface area contributed by atoms with E-state index in [4.69, 9.17) is 16.3 Å². The maximum atomic E-state index is 12.4. The highest BCUT2D eigenvalue weighted by molar-refractivity contribution is 6.18. The highest BCUT2D eigenvalue weighted by Crippen LogP contribution is 2.18. The molecule has 1 aliphatic heterocycles. The first-order valence-corrected chi connectivity index (χ1v) is 6.85. The molecule has 0 saturated carbocycles. The Hall–Kier alpha value is -1.33. The molecule has 2 rings (SSSR count). The van der Waals surface area contributed by atoms with Crippen LogP contribution in [0.4, 0.5) is 0 Å². The summed E-state index contributed by atoms with van der Waals surface area (Å²) in [5.74, 6) is 1.16. The number of halogens is 1. The smallest absolute Gasteiger partial charge is 0.257 e. The summed E-state index contributed by atoms with van der Waals surface area (Å²) in [7, 11) is 1.55. The van der Waals surface area contributed by atoms with E-state index in [-0.39, 0.29) is 5.91 Å². The molecule has 1 aromatic heterocycles. The highest BCUT2D eigenvalue weighted by atomic mass is 35.5. The Morgan fingerprint density at radius 3 is 2.79 bits per heavy atom. The number of hydrogen-bond donors (Lipinski definition) is 0. The second-order valence-electron chi connectivity index (χ2n) is 4.40. The quantitative estimate of drug-likeness (QED) is 0.776. The molecule has 104 valence electrons. The Kier molecular flexibility index (Phi) is 4.99. The molecule has 6 heteroatoms. The summed E-state index contributed by atoms with van der Waals surface area (Å²) < 4.78 is 5.18. The third-order valence-corrected chi connectivity index (χ3v) is 3.46. The number of carbonyl (C=O) groups is 1. The number of aromatic nitrogens is 1. The van der Waals surface area contributed by atoms with Gasteiger partial charge in [-0.3, -0.25) is 14.7 Å². The molecule has 1 saturated heterocycles. The number of rotatable bonds is 4. The lowest BCUT2D eigenvalue weighted by Crippen LogP contribution is -2.49. The fourth-order valence-electron chi connectivity index (χ4n) is 2.18. The molecular weight excluding hydrogens is 266 g/mol. The van der Waals surface area contributed by atoms with Crippen LogP contribution in [0.1, 0.15) is 10.4 Å². The van der Waals surface area contributed by atoms with Crippen molar-refractivity contribution in [2.75, 3.05) is 45.7 Å². The first kappa shape index (κ1) is 14.1. The van der Waals surface area contributed by atoms with E-state index < -0.39 is 0 Å². The van der Waals surface area contributed by atoms with E-state index >= 15 is 0 Å². The van der Waals surface area contributed by atoms with Crippen LogP contribution in [0.3, 0.4) is 0 Å². The van der Waals surface area contributed by atoms with Gasteiger partial charge in [0.15, 0.2) is 0 Å². The summed E-state index contributed by atoms with van der Waals surface area (Å²) in [6.45, 7) is 4.06. The van der Waals surface area contributed by atoms with Crippen LogP contribution in [0.5, 0.6) is 5.75 Å². The van der Waals surface area contributed by atoms with Crippen molar-refractivity contribution in [3.05, 3.63) is 24.0 Å². The molecule has 1 aromatic rings. The number of amides is 1. The van der Waals surface area contributed by atoms with Crippen molar-refractivity contribution in [2.45, 2.75) is 0 Å². The SMILES string of the molecule is COc1cnccc1C(=O)N1CCN(CCCl)CC1. The van der Waals surface area contributed by atoms with Crippen molar-refractivity contribution in [1.29, 1.82) is 0 Å². The number of pyridine rings is 1. The van der Waals surface area contributed by atoms with Gasteiger partial charge in [-0.05, 0) is 6.07 Å². The van der Waals surface area contributed by atoms with Crippen LogP contribution in [-0.4, -0.2) is 66.4 Å². The molecule has 0 atom stereocenters. The predicted molar refractivity (Wildman–Crippen MR) is 73.9 cm³/mol. The van der Waals surface area contributed by atoms with E-state index in [2.05, 4.69) is 9.88 Å². The zero-order valence-corrected chi connectivity index (χ0v) is 11.8. The van der Waals surface area contributed by atoms with Crippen LogP contribution in [0.15, 0.2) is 18.5 Å². The van der Waals surface area contributed by atoms with Crippen LogP contribution >= 0.6 is 11.6 Å². The molecule has 0 unspecified atom stereocenters. The van der Waals surface area contributed by atoms with Crippen molar-refractivity contribution in [3.8, 4) is 5.75 Å². The molecule has 1 amide bonds. The Labute approximate surface area is 118 Å². The second kappa shape index (κ2) is 6.73. The van der Waals surface area contributed by atoms with Gasteiger partial charge in [-0.2, -0.15) is 0 Å². The first-order valence-electron chi connectivity index (χ1n) is 6.32. The number of piperazine rings is 1. The van der Waals surface area contributed by atoms with Crippen LogP contribution in [0.25, 0.3) is 0 Å². The zero-order chi connectivity index (χ0) is 13.7. The molecular formula is C13H18ClN3O2. The van der Waals surface area contributed by atoms with Gasteiger partial charge >= 0.3 is 0 Å². The van der Waals surface area contributed by atoms with E-state index in [1.54, 1.807) is 25.6 Å². The Balaban J connectivity index is 2.01. The topological polar surface area (TPSA) is 45.7 Å². The molecule has 0 aliphatic carbocycles. The van der Waals surface area contributed by atoms with E-state index in [9.17, 15) is 4.79 Å². The molecule has 0 bridgehead atoms. The molecule has 5 nitrogen and oxygen atoms in total. The number of hydrogen-bond acceptors (Lipinski definition) is 4. The van der Waals surface area contributed by atoms with E-state index in [1.807, 2.05) is 4.90 Å². The van der Waals surface area contributed by atoms with E-state index in [0.717, 1.165) is 32.7 Å². The summed E-state index contributed by atoms with van der Waals surface area (Å²) in [4.78, 5) is 20.5. The van der Waals surface area contributed by atoms with E-state index in [1.165, 1.54) is 0 Å². The summed E-state index contributed by atoms with van der Waals surface area (Å²) in [5, 5.41) is 0. The second-order valence-corrected chi connectivity index (χ2v) is 4.78. The molecule has 0 radical (unpaired) electrons. The van der Waals surface area contributed by atoms with Crippen LogP contribution in [-0.2, 0) is 0 Å².